The fourth-order valence-corrected chi connectivity index (χ4v) is 3.29. The zero-order chi connectivity index (χ0) is 21.8. The number of anilines is 2. The lowest BCUT2D eigenvalue weighted by Crippen LogP contribution is -2.12. The van der Waals surface area contributed by atoms with Crippen molar-refractivity contribution in [1.29, 1.82) is 0 Å². The van der Waals surface area contributed by atoms with Crippen molar-refractivity contribution in [2.75, 3.05) is 11.9 Å². The number of pyridine rings is 1. The van der Waals surface area contributed by atoms with Gasteiger partial charge in [0.15, 0.2) is 0 Å². The van der Waals surface area contributed by atoms with E-state index in [2.05, 4.69) is 16.4 Å². The van der Waals surface area contributed by atoms with Gasteiger partial charge in [-0.1, -0.05) is 6.07 Å². The molecule has 0 aliphatic heterocycles. The molecular formula is C24H26N2O4. The number of carbonyl (C=O) groups excluding carboxylic acids is 2. The molecule has 0 fully saturated rings. The largest absolute Gasteiger partial charge is 0.462 e. The number of fused-ring (bicyclic) bond motifs is 1. The highest BCUT2D eigenvalue weighted by Crippen LogP contribution is 2.31. The van der Waals surface area contributed by atoms with Crippen LogP contribution in [0.2, 0.25) is 0 Å². The van der Waals surface area contributed by atoms with Crippen LogP contribution in [0.5, 0.6) is 0 Å². The van der Waals surface area contributed by atoms with E-state index in [1.165, 1.54) is 6.20 Å². The average Bonchev–Trinajstić information content (AvgIpc) is 2.66. The number of aryl methyl sites for hydroxylation is 2. The number of esters is 2. The smallest absolute Gasteiger partial charge is 0.341 e. The fourth-order valence-electron chi connectivity index (χ4n) is 3.29. The van der Waals surface area contributed by atoms with Crippen molar-refractivity contribution < 1.29 is 19.1 Å². The van der Waals surface area contributed by atoms with Gasteiger partial charge in [-0.2, -0.15) is 0 Å². The minimum Gasteiger partial charge on any atom is -0.462 e. The quantitative estimate of drug-likeness (QED) is 0.557. The molecule has 0 bridgehead atoms. The van der Waals surface area contributed by atoms with Crippen LogP contribution in [0.15, 0.2) is 42.6 Å². The summed E-state index contributed by atoms with van der Waals surface area (Å²) in [4.78, 5) is 29.4. The highest BCUT2D eigenvalue weighted by atomic mass is 16.5. The van der Waals surface area contributed by atoms with Crippen LogP contribution in [0.3, 0.4) is 0 Å². The Morgan fingerprint density at radius 3 is 2.37 bits per heavy atom. The number of hydrogen-bond donors (Lipinski definition) is 1. The number of ether oxygens (including phenoxy) is 2. The zero-order valence-electron chi connectivity index (χ0n) is 17.9. The molecule has 0 spiro atoms. The number of benzene rings is 2. The molecule has 156 valence electrons. The van der Waals surface area contributed by atoms with Crippen LogP contribution in [0, 0.1) is 13.8 Å². The van der Waals surface area contributed by atoms with E-state index in [0.29, 0.717) is 27.7 Å². The van der Waals surface area contributed by atoms with Crippen LogP contribution in [-0.2, 0) is 9.47 Å². The summed E-state index contributed by atoms with van der Waals surface area (Å²) in [5.74, 6) is -0.903. The lowest BCUT2D eigenvalue weighted by atomic mass is 10.0. The molecule has 0 saturated carbocycles. The highest BCUT2D eigenvalue weighted by Gasteiger charge is 2.19. The predicted octanol–water partition coefficient (Wildman–Crippen LogP) is 5.34. The van der Waals surface area contributed by atoms with Gasteiger partial charge in [0.2, 0.25) is 0 Å². The molecule has 0 unspecified atom stereocenters. The number of hydrogen-bond acceptors (Lipinski definition) is 6. The molecule has 0 saturated heterocycles. The van der Waals surface area contributed by atoms with Gasteiger partial charge in [-0.3, -0.25) is 4.98 Å². The van der Waals surface area contributed by atoms with Gasteiger partial charge in [0.25, 0.3) is 0 Å². The molecule has 0 atom stereocenters. The van der Waals surface area contributed by atoms with Gasteiger partial charge >= 0.3 is 11.9 Å². The first-order valence-electron chi connectivity index (χ1n) is 9.94. The Balaban J connectivity index is 2.18. The first-order chi connectivity index (χ1) is 14.3. The molecule has 0 radical (unpaired) electrons. The van der Waals surface area contributed by atoms with Crippen molar-refractivity contribution in [2.45, 2.75) is 40.7 Å². The van der Waals surface area contributed by atoms with Crippen LogP contribution < -0.4 is 5.32 Å². The number of aromatic nitrogens is 1. The van der Waals surface area contributed by atoms with E-state index in [9.17, 15) is 9.59 Å². The van der Waals surface area contributed by atoms with E-state index in [0.717, 1.165) is 16.8 Å². The molecule has 0 aliphatic rings. The van der Waals surface area contributed by atoms with Crippen molar-refractivity contribution in [2.24, 2.45) is 0 Å². The fraction of sp³-hybridized carbons (Fsp3) is 0.292. The Bertz CT molecular complexity index is 1090. The van der Waals surface area contributed by atoms with Crippen LogP contribution >= 0.6 is 0 Å². The molecule has 0 aliphatic carbocycles. The van der Waals surface area contributed by atoms with Crippen LogP contribution in [0.1, 0.15) is 52.6 Å². The van der Waals surface area contributed by atoms with E-state index in [4.69, 9.17) is 9.47 Å². The maximum atomic E-state index is 12.6. The molecule has 2 aromatic carbocycles. The highest BCUT2D eigenvalue weighted by molar-refractivity contribution is 6.07. The maximum Gasteiger partial charge on any atom is 0.341 e. The summed E-state index contributed by atoms with van der Waals surface area (Å²) in [6.07, 6.45) is 1.27. The zero-order valence-corrected chi connectivity index (χ0v) is 17.9. The average molecular weight is 406 g/mol. The normalized spacial score (nSPS) is 10.9. The Labute approximate surface area is 176 Å². The number of nitrogens with zero attached hydrogens (tertiary/aromatic N) is 1. The molecular weight excluding hydrogens is 380 g/mol. The summed E-state index contributed by atoms with van der Waals surface area (Å²) in [7, 11) is 0. The summed E-state index contributed by atoms with van der Waals surface area (Å²) in [6.45, 7) is 9.62. The summed E-state index contributed by atoms with van der Waals surface area (Å²) in [5, 5.41) is 3.99. The van der Waals surface area contributed by atoms with Gasteiger partial charge in [-0.25, -0.2) is 9.59 Å². The van der Waals surface area contributed by atoms with Crippen LogP contribution in [-0.4, -0.2) is 29.6 Å². The molecule has 6 heteroatoms. The molecule has 3 rings (SSSR count). The Morgan fingerprint density at radius 2 is 1.73 bits per heavy atom. The Kier molecular flexibility index (Phi) is 6.35. The van der Waals surface area contributed by atoms with E-state index in [1.54, 1.807) is 39.0 Å². The van der Waals surface area contributed by atoms with Crippen LogP contribution in [0.25, 0.3) is 10.9 Å². The molecule has 1 aromatic heterocycles. The molecule has 0 amide bonds. The third-order valence-electron chi connectivity index (χ3n) is 4.43. The third kappa shape index (κ3) is 4.76. The summed E-state index contributed by atoms with van der Waals surface area (Å²) < 4.78 is 10.5. The van der Waals surface area contributed by atoms with Gasteiger partial charge in [-0.05, 0) is 76.1 Å². The monoisotopic (exact) mass is 406 g/mol. The van der Waals surface area contributed by atoms with Crippen molar-refractivity contribution in [3.05, 3.63) is 64.8 Å². The number of rotatable bonds is 6. The second-order valence-corrected chi connectivity index (χ2v) is 7.45. The predicted molar refractivity (Wildman–Crippen MR) is 117 cm³/mol. The van der Waals surface area contributed by atoms with Gasteiger partial charge in [0.1, 0.15) is 5.56 Å². The minimum atomic E-state index is -0.478. The van der Waals surface area contributed by atoms with E-state index in [-0.39, 0.29) is 12.7 Å². The first kappa shape index (κ1) is 21.3. The van der Waals surface area contributed by atoms with Crippen molar-refractivity contribution in [3.8, 4) is 0 Å². The summed E-state index contributed by atoms with van der Waals surface area (Å²) in [5.41, 5.74) is 4.91. The molecule has 1 heterocycles. The maximum absolute atomic E-state index is 12.6. The van der Waals surface area contributed by atoms with Crippen molar-refractivity contribution >= 4 is 34.2 Å². The molecule has 6 nitrogen and oxygen atoms in total. The second kappa shape index (κ2) is 8.95. The van der Waals surface area contributed by atoms with Gasteiger partial charge in [-0.15, -0.1) is 0 Å². The molecule has 3 aromatic rings. The lowest BCUT2D eigenvalue weighted by molar-refractivity contribution is 0.0377. The SMILES string of the molecule is CCOC(=O)c1cnc2ccc(C(=O)OC(C)C)cc2c1Nc1cc(C)cc(C)c1. The topological polar surface area (TPSA) is 77.5 Å². The number of carbonyl (C=O) groups is 2. The third-order valence-corrected chi connectivity index (χ3v) is 4.43. The summed E-state index contributed by atoms with van der Waals surface area (Å²) >= 11 is 0. The molecule has 30 heavy (non-hydrogen) atoms. The van der Waals surface area contributed by atoms with Crippen LogP contribution in [0.4, 0.5) is 11.4 Å². The number of nitrogens with one attached hydrogen (secondary N) is 1. The Hall–Kier alpha value is -3.41. The Morgan fingerprint density at radius 1 is 1.03 bits per heavy atom. The summed E-state index contributed by atoms with van der Waals surface area (Å²) in [6, 6.07) is 11.2. The second-order valence-electron chi connectivity index (χ2n) is 7.45. The standard InChI is InChI=1S/C24H26N2O4/c1-6-29-24(28)20-13-25-21-8-7-17(23(27)30-14(2)3)12-19(21)22(20)26-18-10-15(4)9-16(5)11-18/h7-14H,6H2,1-5H3,(H,25,26). The van der Waals surface area contributed by atoms with Crippen molar-refractivity contribution in [1.82, 2.24) is 4.98 Å². The van der Waals surface area contributed by atoms with E-state index < -0.39 is 11.9 Å². The van der Waals surface area contributed by atoms with E-state index in [1.807, 2.05) is 26.0 Å². The van der Waals surface area contributed by atoms with Gasteiger partial charge in [0, 0.05) is 17.3 Å². The van der Waals surface area contributed by atoms with E-state index >= 15 is 0 Å². The van der Waals surface area contributed by atoms with Gasteiger partial charge in [0.05, 0.1) is 29.5 Å². The minimum absolute atomic E-state index is 0.231. The lowest BCUT2D eigenvalue weighted by Gasteiger charge is -2.16. The molecule has 1 N–H and O–H groups in total. The first-order valence-corrected chi connectivity index (χ1v) is 9.94. The van der Waals surface area contributed by atoms with Gasteiger partial charge < -0.3 is 14.8 Å². The van der Waals surface area contributed by atoms with Crippen molar-refractivity contribution in [3.63, 3.8) is 0 Å².